The average Bonchev–Trinajstić information content (AvgIpc) is 3.29. The van der Waals surface area contributed by atoms with Crippen molar-refractivity contribution in [3.8, 4) is 16.9 Å². The Bertz CT molecular complexity index is 1410. The van der Waals surface area contributed by atoms with Gasteiger partial charge in [-0.25, -0.2) is 9.78 Å². The second-order valence-electron chi connectivity index (χ2n) is 7.71. The maximum atomic E-state index is 12.7. The fourth-order valence-electron chi connectivity index (χ4n) is 3.70. The van der Waals surface area contributed by atoms with Crippen molar-refractivity contribution in [3.63, 3.8) is 0 Å². The number of carbonyl (C=O) groups excluding carboxylic acids is 2. The van der Waals surface area contributed by atoms with E-state index in [0.717, 1.165) is 5.56 Å². The topological polar surface area (TPSA) is 99.5 Å². The monoisotopic (exact) mass is 491 g/mol. The Morgan fingerprint density at radius 2 is 1.89 bits per heavy atom. The Labute approximate surface area is 206 Å². The zero-order valence-electron chi connectivity index (χ0n) is 19.4. The van der Waals surface area contributed by atoms with Crippen LogP contribution in [0.3, 0.4) is 0 Å². The van der Waals surface area contributed by atoms with Crippen molar-refractivity contribution in [2.24, 2.45) is 0 Å². The number of methoxy groups -OCH3 is 1. The van der Waals surface area contributed by atoms with Crippen LogP contribution in [0.15, 0.2) is 65.0 Å². The highest BCUT2D eigenvalue weighted by atomic mass is 32.1. The predicted octanol–water partition coefficient (Wildman–Crippen LogP) is 4.73. The molecular formula is C26H25N3O5S. The van der Waals surface area contributed by atoms with E-state index in [0.29, 0.717) is 45.7 Å². The Morgan fingerprint density at radius 1 is 1.11 bits per heavy atom. The fourth-order valence-corrected chi connectivity index (χ4v) is 4.68. The van der Waals surface area contributed by atoms with Gasteiger partial charge in [0.1, 0.15) is 16.3 Å². The number of para-hydroxylation sites is 1. The van der Waals surface area contributed by atoms with E-state index in [1.54, 1.807) is 32.2 Å². The first-order chi connectivity index (χ1) is 17.0. The zero-order chi connectivity index (χ0) is 24.8. The molecule has 0 unspecified atom stereocenters. The summed E-state index contributed by atoms with van der Waals surface area (Å²) >= 11 is 1.27. The van der Waals surface area contributed by atoms with Crippen molar-refractivity contribution >= 4 is 39.1 Å². The minimum Gasteiger partial charge on any atom is -0.497 e. The average molecular weight is 492 g/mol. The first-order valence-electron chi connectivity index (χ1n) is 11.2. The third-order valence-corrected chi connectivity index (χ3v) is 6.35. The largest absolute Gasteiger partial charge is 0.497 e. The summed E-state index contributed by atoms with van der Waals surface area (Å²) < 4.78 is 12.0. The number of hydrogen-bond acceptors (Lipinski definition) is 7. The molecular weight excluding hydrogens is 466 g/mol. The van der Waals surface area contributed by atoms with E-state index in [1.165, 1.54) is 22.2 Å². The first kappa shape index (κ1) is 24.2. The predicted molar refractivity (Wildman–Crippen MR) is 136 cm³/mol. The molecule has 2 aromatic carbocycles. The molecule has 0 spiro atoms. The van der Waals surface area contributed by atoms with Crippen molar-refractivity contribution in [1.82, 2.24) is 9.55 Å². The molecule has 0 fully saturated rings. The van der Waals surface area contributed by atoms with Gasteiger partial charge in [0.15, 0.2) is 0 Å². The van der Waals surface area contributed by atoms with Crippen LogP contribution in [0.25, 0.3) is 22.0 Å². The van der Waals surface area contributed by atoms with Gasteiger partial charge in [-0.1, -0.05) is 24.3 Å². The van der Waals surface area contributed by atoms with Gasteiger partial charge in [-0.15, -0.1) is 11.3 Å². The number of anilines is 1. The van der Waals surface area contributed by atoms with Crippen LogP contribution < -0.4 is 15.6 Å². The molecule has 1 amide bonds. The minimum atomic E-state index is -0.497. The van der Waals surface area contributed by atoms with E-state index in [-0.39, 0.29) is 24.5 Å². The molecule has 1 N–H and O–H groups in total. The molecule has 4 rings (SSSR count). The zero-order valence-corrected chi connectivity index (χ0v) is 20.3. The molecule has 0 saturated carbocycles. The molecule has 0 aliphatic rings. The van der Waals surface area contributed by atoms with Crippen molar-refractivity contribution in [1.29, 1.82) is 0 Å². The summed E-state index contributed by atoms with van der Waals surface area (Å²) in [5, 5.41) is 5.65. The SMILES string of the molecule is CCOC(=O)c1c(-c2ccc(OC)cc2)csc1NC(=O)CCCn1cnc2ccccc2c1=O. The lowest BCUT2D eigenvalue weighted by Gasteiger charge is -2.10. The molecule has 180 valence electrons. The molecule has 0 aliphatic heterocycles. The number of ether oxygens (including phenoxy) is 2. The van der Waals surface area contributed by atoms with E-state index >= 15 is 0 Å². The lowest BCUT2D eigenvalue weighted by Crippen LogP contribution is -2.21. The Morgan fingerprint density at radius 3 is 2.63 bits per heavy atom. The number of nitrogens with one attached hydrogen (secondary N) is 1. The van der Waals surface area contributed by atoms with Gasteiger partial charge in [0, 0.05) is 23.9 Å². The summed E-state index contributed by atoms with van der Waals surface area (Å²) in [5.41, 5.74) is 2.32. The molecule has 0 aliphatic carbocycles. The normalized spacial score (nSPS) is 10.8. The first-order valence-corrected chi connectivity index (χ1v) is 12.1. The number of thiophene rings is 1. The van der Waals surface area contributed by atoms with E-state index in [9.17, 15) is 14.4 Å². The van der Waals surface area contributed by atoms with Gasteiger partial charge in [-0.2, -0.15) is 0 Å². The molecule has 8 nitrogen and oxygen atoms in total. The quantitative estimate of drug-likeness (QED) is 0.340. The van der Waals surface area contributed by atoms with Crippen LogP contribution in [-0.2, 0) is 16.1 Å². The van der Waals surface area contributed by atoms with E-state index < -0.39 is 5.97 Å². The summed E-state index contributed by atoms with van der Waals surface area (Å²) in [5.74, 6) is -0.0416. The number of esters is 1. The Hall–Kier alpha value is -3.98. The maximum absolute atomic E-state index is 12.7. The number of hydrogen-bond donors (Lipinski definition) is 1. The number of aryl methyl sites for hydroxylation is 1. The van der Waals surface area contributed by atoms with Crippen molar-refractivity contribution in [2.75, 3.05) is 19.0 Å². The highest BCUT2D eigenvalue weighted by Crippen LogP contribution is 2.37. The number of benzene rings is 2. The number of fused-ring (bicyclic) bond motifs is 1. The molecule has 0 bridgehead atoms. The lowest BCUT2D eigenvalue weighted by molar-refractivity contribution is -0.116. The Balaban J connectivity index is 1.46. The molecule has 4 aromatic rings. The number of aromatic nitrogens is 2. The van der Waals surface area contributed by atoms with E-state index in [1.807, 2.05) is 35.7 Å². The van der Waals surface area contributed by atoms with Gasteiger partial charge in [-0.3, -0.25) is 14.2 Å². The van der Waals surface area contributed by atoms with Gasteiger partial charge < -0.3 is 14.8 Å². The van der Waals surface area contributed by atoms with E-state index in [2.05, 4.69) is 10.3 Å². The van der Waals surface area contributed by atoms with E-state index in [4.69, 9.17) is 9.47 Å². The summed E-state index contributed by atoms with van der Waals surface area (Å²) in [6, 6.07) is 14.5. The van der Waals surface area contributed by atoms with Crippen LogP contribution in [0.5, 0.6) is 5.75 Å². The third-order valence-electron chi connectivity index (χ3n) is 5.46. The second kappa shape index (κ2) is 11.0. The van der Waals surface area contributed by atoms with Crippen LogP contribution in [0.1, 0.15) is 30.1 Å². The second-order valence-corrected chi connectivity index (χ2v) is 8.59. The van der Waals surface area contributed by atoms with Gasteiger partial charge in [0.2, 0.25) is 5.91 Å². The summed E-state index contributed by atoms with van der Waals surface area (Å²) in [6.07, 6.45) is 2.12. The van der Waals surface area contributed by atoms with Crippen LogP contribution in [-0.4, -0.2) is 35.1 Å². The van der Waals surface area contributed by atoms with Crippen molar-refractivity contribution in [3.05, 3.63) is 76.2 Å². The molecule has 2 heterocycles. The highest BCUT2D eigenvalue weighted by Gasteiger charge is 2.23. The van der Waals surface area contributed by atoms with Crippen molar-refractivity contribution in [2.45, 2.75) is 26.3 Å². The fraction of sp³-hybridized carbons (Fsp3) is 0.231. The Kier molecular flexibility index (Phi) is 7.57. The lowest BCUT2D eigenvalue weighted by atomic mass is 10.0. The van der Waals surface area contributed by atoms with Crippen molar-refractivity contribution < 1.29 is 19.1 Å². The molecule has 35 heavy (non-hydrogen) atoms. The molecule has 2 aromatic heterocycles. The molecule has 9 heteroatoms. The number of nitrogens with zero attached hydrogens (tertiary/aromatic N) is 2. The number of amides is 1. The molecule has 0 saturated heterocycles. The van der Waals surface area contributed by atoms with Crippen LogP contribution in [0, 0.1) is 0 Å². The third kappa shape index (κ3) is 5.41. The summed E-state index contributed by atoms with van der Waals surface area (Å²) in [4.78, 5) is 42.3. The van der Waals surface area contributed by atoms with Crippen LogP contribution in [0.2, 0.25) is 0 Å². The molecule has 0 radical (unpaired) electrons. The van der Waals surface area contributed by atoms with Gasteiger partial charge in [0.05, 0.1) is 30.9 Å². The summed E-state index contributed by atoms with van der Waals surface area (Å²) in [7, 11) is 1.59. The highest BCUT2D eigenvalue weighted by molar-refractivity contribution is 7.15. The van der Waals surface area contributed by atoms with Gasteiger partial charge in [0.25, 0.3) is 5.56 Å². The number of carbonyl (C=O) groups is 2. The summed E-state index contributed by atoms with van der Waals surface area (Å²) in [6.45, 7) is 2.31. The minimum absolute atomic E-state index is 0.136. The van der Waals surface area contributed by atoms with Crippen LogP contribution >= 0.6 is 11.3 Å². The number of rotatable bonds is 9. The van der Waals surface area contributed by atoms with Gasteiger partial charge in [-0.05, 0) is 43.2 Å². The standard InChI is InChI=1S/C26H25N3O5S/c1-3-34-26(32)23-20(17-10-12-18(33-2)13-11-17)15-35-24(23)28-22(30)9-6-14-29-16-27-21-8-5-4-7-19(21)25(29)31/h4-5,7-8,10-13,15-16H,3,6,9,14H2,1-2H3,(H,28,30). The maximum Gasteiger partial charge on any atom is 0.341 e. The van der Waals surface area contributed by atoms with Crippen LogP contribution in [0.4, 0.5) is 5.00 Å². The van der Waals surface area contributed by atoms with Gasteiger partial charge >= 0.3 is 5.97 Å². The molecule has 0 atom stereocenters. The smallest absolute Gasteiger partial charge is 0.341 e.